The van der Waals surface area contributed by atoms with Crippen molar-refractivity contribution in [3.8, 4) is 11.5 Å². The summed E-state index contributed by atoms with van der Waals surface area (Å²) in [7, 11) is 1.68. The van der Waals surface area contributed by atoms with E-state index >= 15 is 0 Å². The van der Waals surface area contributed by atoms with Crippen LogP contribution in [-0.4, -0.2) is 39.6 Å². The van der Waals surface area contributed by atoms with Crippen molar-refractivity contribution in [3.63, 3.8) is 0 Å². The highest BCUT2D eigenvalue weighted by Gasteiger charge is 2.12. The van der Waals surface area contributed by atoms with E-state index in [4.69, 9.17) is 14.2 Å². The van der Waals surface area contributed by atoms with E-state index in [1.54, 1.807) is 7.11 Å². The third kappa shape index (κ3) is 4.03. The van der Waals surface area contributed by atoms with Crippen LogP contribution in [0.3, 0.4) is 0 Å². The molecule has 0 radical (unpaired) electrons. The Balaban J connectivity index is 1.93. The monoisotopic (exact) mass is 279 g/mol. The van der Waals surface area contributed by atoms with Gasteiger partial charge in [0.2, 0.25) is 6.79 Å². The molecule has 6 nitrogen and oxygen atoms in total. The van der Waals surface area contributed by atoms with Gasteiger partial charge in [0, 0.05) is 20.2 Å². The van der Waals surface area contributed by atoms with Gasteiger partial charge in [0.15, 0.2) is 17.5 Å². The molecular weight excluding hydrogens is 258 g/mol. The fraction of sp³-hybridized carbons (Fsp3) is 0.500. The zero-order chi connectivity index (χ0) is 14.2. The van der Waals surface area contributed by atoms with Crippen LogP contribution in [0.2, 0.25) is 0 Å². The second kappa shape index (κ2) is 7.59. The van der Waals surface area contributed by atoms with Gasteiger partial charge in [-0.05, 0) is 24.6 Å². The first-order valence-electron chi connectivity index (χ1n) is 6.73. The standard InChI is InChI=1S/C14H21N3O3/c1-3-15-14(16-6-7-18-2)17-9-11-4-5-12-13(8-11)20-10-19-12/h4-5,8H,3,6-7,9-10H2,1-2H3,(H2,15,16,17). The van der Waals surface area contributed by atoms with E-state index in [0.29, 0.717) is 19.9 Å². The zero-order valence-corrected chi connectivity index (χ0v) is 11.9. The molecule has 0 fully saturated rings. The van der Waals surface area contributed by atoms with Gasteiger partial charge in [-0.15, -0.1) is 0 Å². The number of benzene rings is 1. The molecule has 0 spiro atoms. The van der Waals surface area contributed by atoms with Crippen molar-refractivity contribution in [2.75, 3.05) is 33.6 Å². The van der Waals surface area contributed by atoms with Crippen LogP contribution in [0, 0.1) is 0 Å². The average molecular weight is 279 g/mol. The molecule has 1 heterocycles. The van der Waals surface area contributed by atoms with Crippen LogP contribution in [0.15, 0.2) is 23.2 Å². The van der Waals surface area contributed by atoms with E-state index in [1.165, 1.54) is 0 Å². The Morgan fingerprint density at radius 1 is 1.30 bits per heavy atom. The zero-order valence-electron chi connectivity index (χ0n) is 11.9. The normalized spacial score (nSPS) is 13.4. The first-order valence-corrected chi connectivity index (χ1v) is 6.73. The summed E-state index contributed by atoms with van der Waals surface area (Å²) in [6, 6.07) is 5.87. The number of nitrogens with one attached hydrogen (secondary N) is 2. The van der Waals surface area contributed by atoms with Gasteiger partial charge in [0.05, 0.1) is 13.2 Å². The molecule has 0 amide bonds. The van der Waals surface area contributed by atoms with Crippen molar-refractivity contribution in [1.82, 2.24) is 10.6 Å². The largest absolute Gasteiger partial charge is 0.454 e. The van der Waals surface area contributed by atoms with Crippen molar-refractivity contribution in [3.05, 3.63) is 23.8 Å². The van der Waals surface area contributed by atoms with E-state index < -0.39 is 0 Å². The quantitative estimate of drug-likeness (QED) is 0.464. The summed E-state index contributed by atoms with van der Waals surface area (Å²) in [6.45, 7) is 5.11. The topological polar surface area (TPSA) is 64.1 Å². The fourth-order valence-corrected chi connectivity index (χ4v) is 1.82. The molecule has 0 saturated heterocycles. The summed E-state index contributed by atoms with van der Waals surface area (Å²) in [5.41, 5.74) is 1.08. The summed E-state index contributed by atoms with van der Waals surface area (Å²) >= 11 is 0. The van der Waals surface area contributed by atoms with Gasteiger partial charge in [0.1, 0.15) is 0 Å². The van der Waals surface area contributed by atoms with E-state index in [-0.39, 0.29) is 0 Å². The Morgan fingerprint density at radius 3 is 2.95 bits per heavy atom. The molecule has 1 aliphatic rings. The summed E-state index contributed by atoms with van der Waals surface area (Å²) < 4.78 is 15.6. The highest BCUT2D eigenvalue weighted by Crippen LogP contribution is 2.32. The fourth-order valence-electron chi connectivity index (χ4n) is 1.82. The summed E-state index contributed by atoms with van der Waals surface area (Å²) in [5.74, 6) is 2.36. The molecule has 0 unspecified atom stereocenters. The summed E-state index contributed by atoms with van der Waals surface area (Å²) in [6.07, 6.45) is 0. The lowest BCUT2D eigenvalue weighted by molar-refractivity contribution is 0.174. The smallest absolute Gasteiger partial charge is 0.231 e. The Kier molecular flexibility index (Phi) is 5.49. The maximum atomic E-state index is 5.35. The molecule has 110 valence electrons. The molecule has 2 rings (SSSR count). The number of hydrogen-bond acceptors (Lipinski definition) is 4. The molecule has 20 heavy (non-hydrogen) atoms. The van der Waals surface area contributed by atoms with Gasteiger partial charge in [-0.3, -0.25) is 0 Å². The third-order valence-corrected chi connectivity index (χ3v) is 2.80. The maximum Gasteiger partial charge on any atom is 0.231 e. The van der Waals surface area contributed by atoms with Crippen LogP contribution >= 0.6 is 0 Å². The molecular formula is C14H21N3O3. The predicted molar refractivity (Wildman–Crippen MR) is 77.3 cm³/mol. The lowest BCUT2D eigenvalue weighted by atomic mass is 10.2. The third-order valence-electron chi connectivity index (χ3n) is 2.80. The number of hydrogen-bond donors (Lipinski definition) is 2. The summed E-state index contributed by atoms with van der Waals surface area (Å²) in [4.78, 5) is 4.52. The highest BCUT2D eigenvalue weighted by atomic mass is 16.7. The van der Waals surface area contributed by atoms with Crippen molar-refractivity contribution in [1.29, 1.82) is 0 Å². The second-order valence-corrected chi connectivity index (χ2v) is 4.30. The van der Waals surface area contributed by atoms with Crippen LogP contribution in [0.5, 0.6) is 11.5 Å². The minimum absolute atomic E-state index is 0.295. The van der Waals surface area contributed by atoms with Gasteiger partial charge in [-0.25, -0.2) is 4.99 Å². The Morgan fingerprint density at radius 2 is 2.15 bits per heavy atom. The molecule has 1 aromatic carbocycles. The SMILES string of the molecule is CCNC(=NCc1ccc2c(c1)OCO2)NCCOC. The lowest BCUT2D eigenvalue weighted by Gasteiger charge is -2.10. The number of fused-ring (bicyclic) bond motifs is 1. The first-order chi connectivity index (χ1) is 9.83. The van der Waals surface area contributed by atoms with Crippen molar-refractivity contribution < 1.29 is 14.2 Å². The molecule has 0 aromatic heterocycles. The minimum atomic E-state index is 0.295. The van der Waals surface area contributed by atoms with Gasteiger partial charge in [-0.1, -0.05) is 6.07 Å². The van der Waals surface area contributed by atoms with Crippen LogP contribution in [0.4, 0.5) is 0 Å². The number of nitrogens with zero attached hydrogens (tertiary/aromatic N) is 1. The van der Waals surface area contributed by atoms with Gasteiger partial charge >= 0.3 is 0 Å². The van der Waals surface area contributed by atoms with Gasteiger partial charge in [-0.2, -0.15) is 0 Å². The molecule has 0 bridgehead atoms. The van der Waals surface area contributed by atoms with Crippen molar-refractivity contribution in [2.45, 2.75) is 13.5 Å². The maximum absolute atomic E-state index is 5.35. The highest BCUT2D eigenvalue weighted by molar-refractivity contribution is 5.79. The minimum Gasteiger partial charge on any atom is -0.454 e. The Bertz CT molecular complexity index is 463. The van der Waals surface area contributed by atoms with E-state index in [1.807, 2.05) is 25.1 Å². The van der Waals surface area contributed by atoms with E-state index in [9.17, 15) is 0 Å². The average Bonchev–Trinajstić information content (AvgIpc) is 2.92. The van der Waals surface area contributed by atoms with Gasteiger partial charge in [0.25, 0.3) is 0 Å². The molecule has 0 atom stereocenters. The lowest BCUT2D eigenvalue weighted by Crippen LogP contribution is -2.38. The van der Waals surface area contributed by atoms with Crippen LogP contribution in [0.25, 0.3) is 0 Å². The predicted octanol–water partition coefficient (Wildman–Crippen LogP) is 1.12. The summed E-state index contributed by atoms with van der Waals surface area (Å²) in [5, 5.41) is 6.39. The van der Waals surface area contributed by atoms with Crippen LogP contribution in [-0.2, 0) is 11.3 Å². The Labute approximate surface area is 119 Å². The Hall–Kier alpha value is -1.95. The van der Waals surface area contributed by atoms with E-state index in [2.05, 4.69) is 15.6 Å². The molecule has 2 N–H and O–H groups in total. The number of methoxy groups -OCH3 is 1. The number of guanidine groups is 1. The number of aliphatic imine (C=N–C) groups is 1. The molecule has 1 aliphatic heterocycles. The van der Waals surface area contributed by atoms with Crippen molar-refractivity contribution >= 4 is 5.96 Å². The van der Waals surface area contributed by atoms with E-state index in [0.717, 1.165) is 36.1 Å². The van der Waals surface area contributed by atoms with Crippen molar-refractivity contribution in [2.24, 2.45) is 4.99 Å². The van der Waals surface area contributed by atoms with Crippen LogP contribution in [0.1, 0.15) is 12.5 Å². The molecule has 0 saturated carbocycles. The molecule has 0 aliphatic carbocycles. The van der Waals surface area contributed by atoms with Crippen LogP contribution < -0.4 is 20.1 Å². The second-order valence-electron chi connectivity index (χ2n) is 4.30. The number of rotatable bonds is 6. The molecule has 6 heteroatoms. The number of ether oxygens (including phenoxy) is 3. The molecule has 1 aromatic rings. The first kappa shape index (κ1) is 14.5. The van der Waals surface area contributed by atoms with Gasteiger partial charge < -0.3 is 24.8 Å².